The molecule has 1 aliphatic rings. The first kappa shape index (κ1) is 10.3. The molecule has 4 heteroatoms. The number of nitrogens with one attached hydrogen (secondary N) is 1. The molecule has 0 atom stereocenters. The largest absolute Gasteiger partial charge is 0.495 e. The average molecular weight is 225 g/mol. The smallest absolute Gasteiger partial charge is 0.142 e. The molecule has 1 aromatic rings. The van der Waals surface area contributed by atoms with Crippen molar-refractivity contribution < 1.29 is 4.74 Å². The molecule has 2 rings (SSSR count). The van der Waals surface area contributed by atoms with Crippen LogP contribution in [0.4, 0.5) is 5.69 Å². The second-order valence-electron chi connectivity index (χ2n) is 3.40. The number of hydrogen-bond acceptors (Lipinski definition) is 3. The molecular formula is C11H13ClN2O. The van der Waals surface area contributed by atoms with E-state index in [1.165, 1.54) is 0 Å². The maximum atomic E-state index is 5.92. The van der Waals surface area contributed by atoms with E-state index < -0.39 is 0 Å². The van der Waals surface area contributed by atoms with E-state index in [-0.39, 0.29) is 0 Å². The Morgan fingerprint density at radius 2 is 2.33 bits per heavy atom. The normalized spacial score (nSPS) is 14.9. The molecule has 80 valence electrons. The van der Waals surface area contributed by atoms with Gasteiger partial charge in [0, 0.05) is 18.0 Å². The number of aliphatic imine (C=N–C) groups is 1. The van der Waals surface area contributed by atoms with E-state index in [1.54, 1.807) is 7.11 Å². The number of benzene rings is 1. The summed E-state index contributed by atoms with van der Waals surface area (Å²) in [5.41, 5.74) is 0.880. The molecule has 3 nitrogen and oxygen atoms in total. The number of nitrogens with zero attached hydrogens (tertiary/aromatic N) is 1. The van der Waals surface area contributed by atoms with Gasteiger partial charge in [0.1, 0.15) is 11.6 Å². The summed E-state index contributed by atoms with van der Waals surface area (Å²) in [6.07, 6.45) is 2.11. The minimum Gasteiger partial charge on any atom is -0.495 e. The van der Waals surface area contributed by atoms with E-state index in [0.717, 1.165) is 36.7 Å². The molecule has 0 aliphatic carbocycles. The number of methoxy groups -OCH3 is 1. The van der Waals surface area contributed by atoms with Gasteiger partial charge in [0.2, 0.25) is 0 Å². The fourth-order valence-electron chi connectivity index (χ4n) is 1.57. The van der Waals surface area contributed by atoms with Crippen LogP contribution in [0.1, 0.15) is 12.8 Å². The van der Waals surface area contributed by atoms with Crippen LogP contribution in [-0.2, 0) is 0 Å². The topological polar surface area (TPSA) is 33.6 Å². The zero-order valence-corrected chi connectivity index (χ0v) is 9.34. The summed E-state index contributed by atoms with van der Waals surface area (Å²) in [5, 5.41) is 3.93. The van der Waals surface area contributed by atoms with Crippen LogP contribution in [0.3, 0.4) is 0 Å². The summed E-state index contributed by atoms with van der Waals surface area (Å²) in [6.45, 7) is 0.908. The lowest BCUT2D eigenvalue weighted by Crippen LogP contribution is -2.09. The van der Waals surface area contributed by atoms with E-state index in [4.69, 9.17) is 16.3 Å². The Balaban J connectivity index is 2.21. The molecule has 1 aromatic carbocycles. The van der Waals surface area contributed by atoms with Crippen LogP contribution < -0.4 is 10.1 Å². The quantitative estimate of drug-likeness (QED) is 0.838. The van der Waals surface area contributed by atoms with Crippen molar-refractivity contribution in [3.05, 3.63) is 23.2 Å². The van der Waals surface area contributed by atoms with Crippen molar-refractivity contribution in [1.82, 2.24) is 0 Å². The Hall–Kier alpha value is -1.22. The van der Waals surface area contributed by atoms with E-state index in [1.807, 2.05) is 18.2 Å². The van der Waals surface area contributed by atoms with Gasteiger partial charge in [-0.1, -0.05) is 11.6 Å². The molecule has 0 saturated heterocycles. The predicted octanol–water partition coefficient (Wildman–Crippen LogP) is 2.95. The van der Waals surface area contributed by atoms with Crippen LogP contribution in [0.5, 0.6) is 5.75 Å². The van der Waals surface area contributed by atoms with Crippen LogP contribution >= 0.6 is 11.6 Å². The minimum absolute atomic E-state index is 0.692. The van der Waals surface area contributed by atoms with E-state index in [9.17, 15) is 0 Å². The van der Waals surface area contributed by atoms with Gasteiger partial charge in [0.25, 0.3) is 0 Å². The van der Waals surface area contributed by atoms with Crippen molar-refractivity contribution in [2.24, 2.45) is 4.99 Å². The highest BCUT2D eigenvalue weighted by Crippen LogP contribution is 2.28. The van der Waals surface area contributed by atoms with Crippen LogP contribution in [-0.4, -0.2) is 19.5 Å². The lowest BCUT2D eigenvalue weighted by Gasteiger charge is -2.10. The lowest BCUT2D eigenvalue weighted by molar-refractivity contribution is 0.417. The first-order valence-corrected chi connectivity index (χ1v) is 5.31. The van der Waals surface area contributed by atoms with E-state index >= 15 is 0 Å². The zero-order chi connectivity index (χ0) is 10.7. The van der Waals surface area contributed by atoms with Crippen molar-refractivity contribution in [3.63, 3.8) is 0 Å². The van der Waals surface area contributed by atoms with Gasteiger partial charge in [-0.15, -0.1) is 0 Å². The fraction of sp³-hybridized carbons (Fsp3) is 0.364. The van der Waals surface area contributed by atoms with Crippen molar-refractivity contribution in [3.8, 4) is 5.75 Å². The first-order valence-electron chi connectivity index (χ1n) is 4.93. The van der Waals surface area contributed by atoms with Gasteiger partial charge < -0.3 is 10.1 Å². The molecule has 0 fully saturated rings. The summed E-state index contributed by atoms with van der Waals surface area (Å²) < 4.78 is 5.23. The lowest BCUT2D eigenvalue weighted by atomic mass is 10.2. The maximum absolute atomic E-state index is 5.92. The summed E-state index contributed by atoms with van der Waals surface area (Å²) in [6, 6.07) is 5.50. The molecule has 1 aliphatic heterocycles. The maximum Gasteiger partial charge on any atom is 0.142 e. The Morgan fingerprint density at radius 3 is 3.00 bits per heavy atom. The molecule has 1 N–H and O–H groups in total. The van der Waals surface area contributed by atoms with Crippen molar-refractivity contribution in [1.29, 1.82) is 0 Å². The van der Waals surface area contributed by atoms with Crippen LogP contribution in [0.15, 0.2) is 23.2 Å². The number of amidine groups is 1. The van der Waals surface area contributed by atoms with Gasteiger partial charge in [-0.25, -0.2) is 0 Å². The Morgan fingerprint density at radius 1 is 1.47 bits per heavy atom. The molecule has 1 heterocycles. The summed E-state index contributed by atoms with van der Waals surface area (Å²) in [7, 11) is 1.64. The van der Waals surface area contributed by atoms with E-state index in [0.29, 0.717) is 5.02 Å². The molecular weight excluding hydrogens is 212 g/mol. The minimum atomic E-state index is 0.692. The molecule has 0 amide bonds. The van der Waals surface area contributed by atoms with Gasteiger partial charge >= 0.3 is 0 Å². The van der Waals surface area contributed by atoms with Gasteiger partial charge in [-0.05, 0) is 24.6 Å². The Labute approximate surface area is 94.1 Å². The van der Waals surface area contributed by atoms with E-state index in [2.05, 4.69) is 10.3 Å². The van der Waals surface area contributed by atoms with Gasteiger partial charge in [-0.3, -0.25) is 4.99 Å². The third kappa shape index (κ3) is 2.42. The highest BCUT2D eigenvalue weighted by Gasteiger charge is 2.09. The van der Waals surface area contributed by atoms with Gasteiger partial charge in [0.15, 0.2) is 0 Å². The second-order valence-corrected chi connectivity index (χ2v) is 3.84. The van der Waals surface area contributed by atoms with Crippen LogP contribution in [0.2, 0.25) is 5.02 Å². The van der Waals surface area contributed by atoms with Crippen LogP contribution in [0.25, 0.3) is 0 Å². The number of rotatable bonds is 2. The Kier molecular flexibility index (Phi) is 3.11. The number of halogens is 1. The number of hydrogen-bond donors (Lipinski definition) is 1. The molecule has 0 spiro atoms. The summed E-state index contributed by atoms with van der Waals surface area (Å²) in [5.74, 6) is 1.80. The second kappa shape index (κ2) is 4.53. The molecule has 0 radical (unpaired) electrons. The predicted molar refractivity (Wildman–Crippen MR) is 63.2 cm³/mol. The number of ether oxygens (including phenoxy) is 1. The standard InChI is InChI=1S/C11H13ClN2O/c1-15-10-5-4-8(12)7-9(10)14-11-3-2-6-13-11/h4-5,7H,2-3,6H2,1H3,(H,13,14). The third-order valence-electron chi connectivity index (χ3n) is 2.31. The van der Waals surface area contributed by atoms with Crippen molar-refractivity contribution in [2.75, 3.05) is 19.0 Å². The molecule has 0 saturated carbocycles. The zero-order valence-electron chi connectivity index (χ0n) is 8.59. The average Bonchev–Trinajstić information content (AvgIpc) is 2.71. The summed E-state index contributed by atoms with van der Waals surface area (Å²) >= 11 is 5.92. The SMILES string of the molecule is COc1ccc(Cl)cc1NC1=NCCC1. The monoisotopic (exact) mass is 224 g/mol. The molecule has 15 heavy (non-hydrogen) atoms. The highest BCUT2D eigenvalue weighted by molar-refractivity contribution is 6.31. The Bertz CT molecular complexity index is 390. The van der Waals surface area contributed by atoms with Crippen LogP contribution in [0, 0.1) is 0 Å². The van der Waals surface area contributed by atoms with Gasteiger partial charge in [-0.2, -0.15) is 0 Å². The first-order chi connectivity index (χ1) is 7.29. The fourth-order valence-corrected chi connectivity index (χ4v) is 1.75. The van der Waals surface area contributed by atoms with Crippen molar-refractivity contribution >= 4 is 23.1 Å². The molecule has 0 unspecified atom stereocenters. The molecule has 0 bridgehead atoms. The summed E-state index contributed by atoms with van der Waals surface area (Å²) in [4.78, 5) is 4.34. The number of anilines is 1. The van der Waals surface area contributed by atoms with Gasteiger partial charge in [0.05, 0.1) is 12.8 Å². The highest BCUT2D eigenvalue weighted by atomic mass is 35.5. The molecule has 0 aromatic heterocycles. The van der Waals surface area contributed by atoms with Crippen molar-refractivity contribution in [2.45, 2.75) is 12.8 Å². The third-order valence-corrected chi connectivity index (χ3v) is 2.55.